The first-order chi connectivity index (χ1) is 12.4. The van der Waals surface area contributed by atoms with Crippen LogP contribution in [0.15, 0.2) is 64.2 Å². The highest BCUT2D eigenvalue weighted by Crippen LogP contribution is 2.27. The van der Waals surface area contributed by atoms with E-state index in [2.05, 4.69) is 0 Å². The lowest BCUT2D eigenvalue weighted by Gasteiger charge is -2.25. The smallest absolute Gasteiger partial charge is 0.252 e. The van der Waals surface area contributed by atoms with Crippen LogP contribution in [0, 0.1) is 0 Å². The molecule has 1 aromatic heterocycles. The van der Waals surface area contributed by atoms with Crippen molar-refractivity contribution in [1.29, 1.82) is 0 Å². The molecule has 0 saturated carbocycles. The second kappa shape index (κ2) is 7.57. The van der Waals surface area contributed by atoms with E-state index in [9.17, 15) is 13.2 Å². The molecule has 1 heterocycles. The van der Waals surface area contributed by atoms with Crippen LogP contribution in [0.4, 0.5) is 5.69 Å². The van der Waals surface area contributed by atoms with E-state index in [-0.39, 0.29) is 16.7 Å². The van der Waals surface area contributed by atoms with Crippen molar-refractivity contribution in [2.45, 2.75) is 11.1 Å². The number of anilines is 1. The van der Waals surface area contributed by atoms with Gasteiger partial charge in [-0.3, -0.25) is 4.79 Å². The maximum Gasteiger partial charge on any atom is 0.252 e. The van der Waals surface area contributed by atoms with E-state index in [1.54, 1.807) is 22.4 Å². The van der Waals surface area contributed by atoms with Crippen molar-refractivity contribution in [3.05, 3.63) is 60.0 Å². The predicted octanol–water partition coefficient (Wildman–Crippen LogP) is 3.57. The van der Waals surface area contributed by atoms with Crippen LogP contribution in [-0.2, 0) is 14.8 Å². The second-order valence-electron chi connectivity index (χ2n) is 5.83. The Hall–Kier alpha value is -2.22. The third-order valence-electron chi connectivity index (χ3n) is 4.19. The van der Waals surface area contributed by atoms with Gasteiger partial charge in [0.15, 0.2) is 0 Å². The van der Waals surface area contributed by atoms with Crippen molar-refractivity contribution in [1.82, 2.24) is 4.31 Å². The van der Waals surface area contributed by atoms with Gasteiger partial charge in [0.05, 0.1) is 12.2 Å². The summed E-state index contributed by atoms with van der Waals surface area (Å²) in [5.41, 5.74) is 0.789. The van der Waals surface area contributed by atoms with Crippen LogP contribution in [-0.4, -0.2) is 38.8 Å². The van der Waals surface area contributed by atoms with Crippen molar-refractivity contribution in [3.8, 4) is 0 Å². The Kier molecular flexibility index (Phi) is 5.41. The summed E-state index contributed by atoms with van der Waals surface area (Å²) in [6.07, 6.45) is 0. The van der Waals surface area contributed by atoms with Crippen molar-refractivity contribution in [3.63, 3.8) is 0 Å². The number of hydrogen-bond acceptors (Lipinski definition) is 4. The highest BCUT2D eigenvalue weighted by Gasteiger charge is 2.26. The maximum absolute atomic E-state index is 12.9. The van der Waals surface area contributed by atoms with Gasteiger partial charge in [0, 0.05) is 19.0 Å². The molecule has 5 nitrogen and oxygen atoms in total. The van der Waals surface area contributed by atoms with Gasteiger partial charge in [-0.1, -0.05) is 42.5 Å². The van der Waals surface area contributed by atoms with Gasteiger partial charge >= 0.3 is 0 Å². The first-order valence-corrected chi connectivity index (χ1v) is 10.5. The molecule has 0 fully saturated rings. The number of fused-ring (bicyclic) bond motifs is 1. The van der Waals surface area contributed by atoms with Crippen LogP contribution in [0.1, 0.15) is 6.92 Å². The molecule has 0 spiro atoms. The van der Waals surface area contributed by atoms with Gasteiger partial charge in [-0.05, 0) is 29.8 Å². The zero-order valence-electron chi connectivity index (χ0n) is 14.6. The third kappa shape index (κ3) is 3.51. The molecule has 2 aromatic carbocycles. The zero-order valence-corrected chi connectivity index (χ0v) is 16.3. The summed E-state index contributed by atoms with van der Waals surface area (Å²) in [6, 6.07) is 16.8. The lowest BCUT2D eigenvalue weighted by atomic mass is 10.1. The zero-order chi connectivity index (χ0) is 18.7. The molecule has 26 heavy (non-hydrogen) atoms. The lowest BCUT2D eigenvalue weighted by Crippen LogP contribution is -2.41. The van der Waals surface area contributed by atoms with Crippen LogP contribution in [0.5, 0.6) is 0 Å². The molecular weight excluding hydrogens is 368 g/mol. The van der Waals surface area contributed by atoms with Gasteiger partial charge in [0.2, 0.25) is 5.91 Å². The molecule has 3 aromatic rings. The first kappa shape index (κ1) is 18.6. The van der Waals surface area contributed by atoms with Crippen LogP contribution < -0.4 is 4.90 Å². The number of carbonyl (C=O) groups is 1. The minimum atomic E-state index is -3.65. The Labute approximate surface area is 157 Å². The molecule has 0 aliphatic heterocycles. The molecule has 0 aliphatic carbocycles. The van der Waals surface area contributed by atoms with E-state index in [1.165, 1.54) is 7.05 Å². The molecule has 0 N–H and O–H groups in total. The molecular formula is C19H20N2O3S2. The highest BCUT2D eigenvalue weighted by molar-refractivity contribution is 7.91. The number of benzene rings is 2. The summed E-state index contributed by atoms with van der Waals surface area (Å²) in [7, 11) is -2.22. The second-order valence-corrected chi connectivity index (χ2v) is 9.05. The molecule has 0 atom stereocenters. The molecule has 0 bridgehead atoms. The summed E-state index contributed by atoms with van der Waals surface area (Å²) >= 11 is 1.14. The molecule has 3 rings (SSSR count). The van der Waals surface area contributed by atoms with Crippen molar-refractivity contribution >= 4 is 43.7 Å². The number of likely N-dealkylation sites (N-methyl/N-ethyl adjacent to an activating group) is 2. The van der Waals surface area contributed by atoms with Crippen LogP contribution >= 0.6 is 11.3 Å². The fourth-order valence-electron chi connectivity index (χ4n) is 2.85. The fraction of sp³-hybridized carbons (Fsp3) is 0.211. The molecule has 0 saturated heterocycles. The minimum Gasteiger partial charge on any atom is -0.311 e. The van der Waals surface area contributed by atoms with Crippen molar-refractivity contribution in [2.24, 2.45) is 0 Å². The third-order valence-corrected chi connectivity index (χ3v) is 7.37. The number of amides is 1. The maximum atomic E-state index is 12.9. The normalized spacial score (nSPS) is 11.8. The monoisotopic (exact) mass is 388 g/mol. The summed E-state index contributed by atoms with van der Waals surface area (Å²) in [5, 5.41) is 3.71. The average Bonchev–Trinajstić information content (AvgIpc) is 3.18. The van der Waals surface area contributed by atoms with Crippen LogP contribution in [0.25, 0.3) is 10.8 Å². The predicted molar refractivity (Wildman–Crippen MR) is 106 cm³/mol. The summed E-state index contributed by atoms with van der Waals surface area (Å²) < 4.78 is 26.5. The quantitative estimate of drug-likeness (QED) is 0.649. The molecule has 0 unspecified atom stereocenters. The molecule has 7 heteroatoms. The number of carbonyl (C=O) groups excluding carboxylic acids is 1. The number of hydrogen-bond donors (Lipinski definition) is 0. The molecule has 0 aliphatic rings. The van der Waals surface area contributed by atoms with E-state index in [4.69, 9.17) is 0 Å². The lowest BCUT2D eigenvalue weighted by molar-refractivity contribution is -0.118. The Morgan fingerprint density at radius 1 is 1.04 bits per heavy atom. The van der Waals surface area contributed by atoms with Gasteiger partial charge in [0.25, 0.3) is 10.0 Å². The first-order valence-electron chi connectivity index (χ1n) is 8.23. The number of nitrogens with zero attached hydrogens (tertiary/aromatic N) is 2. The van der Waals surface area contributed by atoms with E-state index >= 15 is 0 Å². The van der Waals surface area contributed by atoms with Gasteiger partial charge in [0.1, 0.15) is 4.21 Å². The van der Waals surface area contributed by atoms with Gasteiger partial charge in [-0.25, -0.2) is 8.42 Å². The van der Waals surface area contributed by atoms with E-state index < -0.39 is 10.0 Å². The highest BCUT2D eigenvalue weighted by atomic mass is 32.2. The minimum absolute atomic E-state index is 0.211. The van der Waals surface area contributed by atoms with Gasteiger partial charge < -0.3 is 4.90 Å². The van der Waals surface area contributed by atoms with Crippen molar-refractivity contribution < 1.29 is 13.2 Å². The van der Waals surface area contributed by atoms with E-state index in [0.717, 1.165) is 32.1 Å². The van der Waals surface area contributed by atoms with Crippen molar-refractivity contribution in [2.75, 3.05) is 25.0 Å². The Morgan fingerprint density at radius 2 is 1.77 bits per heavy atom. The summed E-state index contributed by atoms with van der Waals surface area (Å²) in [5.74, 6) is -0.258. The molecule has 136 valence electrons. The molecule has 0 radical (unpaired) electrons. The SMILES string of the molecule is CCN(C(=O)CN(C)S(=O)(=O)c1cccs1)c1cccc2ccccc12. The largest absolute Gasteiger partial charge is 0.311 e. The van der Waals surface area contributed by atoms with Crippen LogP contribution in [0.3, 0.4) is 0 Å². The van der Waals surface area contributed by atoms with Crippen LogP contribution in [0.2, 0.25) is 0 Å². The Balaban J connectivity index is 1.88. The Bertz CT molecular complexity index is 1010. The van der Waals surface area contributed by atoms with E-state index in [1.807, 2.05) is 49.4 Å². The molecule has 1 amide bonds. The number of thiophene rings is 1. The summed E-state index contributed by atoms with van der Waals surface area (Å²) in [6.45, 7) is 2.13. The van der Waals surface area contributed by atoms with Gasteiger partial charge in [-0.2, -0.15) is 4.31 Å². The van der Waals surface area contributed by atoms with Gasteiger partial charge in [-0.15, -0.1) is 11.3 Å². The summed E-state index contributed by atoms with van der Waals surface area (Å²) in [4.78, 5) is 14.5. The average molecular weight is 389 g/mol. The Morgan fingerprint density at radius 3 is 2.46 bits per heavy atom. The number of sulfonamides is 1. The number of rotatable bonds is 6. The fourth-order valence-corrected chi connectivity index (χ4v) is 5.17. The standard InChI is InChI=1S/C19H20N2O3S2/c1-3-21(17-11-6-9-15-8-4-5-10-16(15)17)18(22)14-20(2)26(23,24)19-12-7-13-25-19/h4-13H,3,14H2,1-2H3. The van der Waals surface area contributed by atoms with E-state index in [0.29, 0.717) is 6.54 Å². The topological polar surface area (TPSA) is 57.7 Å².